The summed E-state index contributed by atoms with van der Waals surface area (Å²) in [7, 11) is 1.67. The molecule has 5 rings (SSSR count). The SMILES string of the molecule is CCCCCCC(C)N1C(=O)C2=CC=C3C(=O)N(N(C)c4ccccc4)C(=O)C4=CC=C(C1=O)C2C34. The van der Waals surface area contributed by atoms with E-state index < -0.39 is 23.7 Å². The molecule has 0 saturated carbocycles. The van der Waals surface area contributed by atoms with Crippen molar-refractivity contribution in [3.05, 3.63) is 76.9 Å². The number of imide groups is 2. The van der Waals surface area contributed by atoms with Crippen LogP contribution in [0.3, 0.4) is 0 Å². The zero-order chi connectivity index (χ0) is 25.6. The van der Waals surface area contributed by atoms with E-state index in [0.717, 1.165) is 37.1 Å². The summed E-state index contributed by atoms with van der Waals surface area (Å²) in [5.74, 6) is -2.73. The van der Waals surface area contributed by atoms with E-state index in [9.17, 15) is 19.2 Å². The number of carbonyl (C=O) groups is 4. The second-order valence-corrected chi connectivity index (χ2v) is 9.90. The zero-order valence-corrected chi connectivity index (χ0v) is 20.9. The van der Waals surface area contributed by atoms with E-state index >= 15 is 0 Å². The van der Waals surface area contributed by atoms with E-state index in [1.165, 1.54) is 4.90 Å². The van der Waals surface area contributed by atoms with Crippen molar-refractivity contribution in [1.82, 2.24) is 9.91 Å². The third-order valence-corrected chi connectivity index (χ3v) is 7.71. The second-order valence-electron chi connectivity index (χ2n) is 9.90. The van der Waals surface area contributed by atoms with Crippen molar-refractivity contribution >= 4 is 29.3 Å². The maximum absolute atomic E-state index is 13.6. The van der Waals surface area contributed by atoms with E-state index in [1.54, 1.807) is 36.4 Å². The van der Waals surface area contributed by atoms with Crippen LogP contribution in [0.25, 0.3) is 0 Å². The normalized spacial score (nSPS) is 23.5. The number of hydrogen-bond donors (Lipinski definition) is 0. The number of amides is 4. The molecule has 2 heterocycles. The van der Waals surface area contributed by atoms with Gasteiger partial charge >= 0.3 is 0 Å². The van der Waals surface area contributed by atoms with Crippen molar-refractivity contribution in [2.24, 2.45) is 11.8 Å². The molecule has 2 aliphatic heterocycles. The lowest BCUT2D eigenvalue weighted by Crippen LogP contribution is -2.59. The number of piperidine rings is 2. The molecule has 0 aromatic heterocycles. The number of allylic oxidation sites excluding steroid dienone is 4. The van der Waals surface area contributed by atoms with Crippen molar-refractivity contribution < 1.29 is 19.2 Å². The van der Waals surface area contributed by atoms with Crippen molar-refractivity contribution in [2.75, 3.05) is 12.1 Å². The quantitative estimate of drug-likeness (QED) is 0.409. The van der Waals surface area contributed by atoms with Crippen molar-refractivity contribution in [2.45, 2.75) is 52.0 Å². The number of para-hydroxylation sites is 1. The first kappa shape index (κ1) is 24.0. The Morgan fingerprint density at radius 2 is 1.25 bits per heavy atom. The molecule has 4 aliphatic rings. The highest BCUT2D eigenvalue weighted by molar-refractivity contribution is 6.21. The van der Waals surface area contributed by atoms with Crippen LogP contribution in [0.1, 0.15) is 46.0 Å². The largest absolute Gasteiger partial charge is 0.278 e. The highest BCUT2D eigenvalue weighted by Crippen LogP contribution is 2.50. The predicted molar refractivity (Wildman–Crippen MR) is 136 cm³/mol. The Bertz CT molecular complexity index is 1190. The summed E-state index contributed by atoms with van der Waals surface area (Å²) in [4.78, 5) is 55.6. The molecule has 0 spiro atoms. The van der Waals surface area contributed by atoms with Crippen molar-refractivity contribution in [1.29, 1.82) is 0 Å². The summed E-state index contributed by atoms with van der Waals surface area (Å²) in [6.07, 6.45) is 11.7. The molecule has 1 aromatic carbocycles. The van der Waals surface area contributed by atoms with Gasteiger partial charge in [0.25, 0.3) is 23.6 Å². The molecule has 0 bridgehead atoms. The van der Waals surface area contributed by atoms with Crippen LogP contribution >= 0.6 is 0 Å². The van der Waals surface area contributed by atoms with Crippen molar-refractivity contribution in [3.8, 4) is 0 Å². The number of hydrazine groups is 1. The van der Waals surface area contributed by atoms with Gasteiger partial charge < -0.3 is 0 Å². The molecule has 1 aromatic rings. The van der Waals surface area contributed by atoms with Crippen LogP contribution in [0.2, 0.25) is 0 Å². The number of carbonyl (C=O) groups excluding carboxylic acids is 4. The smallest absolute Gasteiger partial charge is 0.276 e. The molecule has 0 radical (unpaired) electrons. The lowest BCUT2D eigenvalue weighted by Gasteiger charge is -2.47. The van der Waals surface area contributed by atoms with Crippen LogP contribution in [0.15, 0.2) is 76.9 Å². The minimum Gasteiger partial charge on any atom is -0.278 e. The molecular formula is C29H31N3O4. The Hall–Kier alpha value is -3.74. The van der Waals surface area contributed by atoms with Gasteiger partial charge in [0.1, 0.15) is 0 Å². The highest BCUT2D eigenvalue weighted by atomic mass is 16.2. The summed E-state index contributed by atoms with van der Waals surface area (Å²) in [6, 6.07) is 8.98. The van der Waals surface area contributed by atoms with Gasteiger partial charge in [-0.25, -0.2) is 0 Å². The van der Waals surface area contributed by atoms with E-state index in [1.807, 2.05) is 37.3 Å². The minimum atomic E-state index is -0.625. The average Bonchev–Trinajstić information content (AvgIpc) is 2.89. The molecule has 1 atom stereocenters. The van der Waals surface area contributed by atoms with Crippen LogP contribution in [0, 0.1) is 11.8 Å². The third kappa shape index (κ3) is 3.65. The Balaban J connectivity index is 1.50. The number of nitrogens with zero attached hydrogens (tertiary/aromatic N) is 3. The fourth-order valence-corrected chi connectivity index (χ4v) is 5.78. The van der Waals surface area contributed by atoms with Gasteiger partial charge in [-0.3, -0.25) is 29.1 Å². The average molecular weight is 486 g/mol. The number of anilines is 1. The van der Waals surface area contributed by atoms with Gasteiger partial charge in [-0.2, -0.15) is 5.01 Å². The van der Waals surface area contributed by atoms with E-state index in [2.05, 4.69) is 6.92 Å². The van der Waals surface area contributed by atoms with Crippen molar-refractivity contribution in [3.63, 3.8) is 0 Å². The van der Waals surface area contributed by atoms with Crippen LogP contribution < -0.4 is 5.01 Å². The fourth-order valence-electron chi connectivity index (χ4n) is 5.78. The number of benzene rings is 1. The zero-order valence-electron chi connectivity index (χ0n) is 20.9. The van der Waals surface area contributed by atoms with Gasteiger partial charge in [-0.15, -0.1) is 0 Å². The molecular weight excluding hydrogens is 454 g/mol. The van der Waals surface area contributed by atoms with Crippen LogP contribution in [0.4, 0.5) is 5.69 Å². The molecule has 2 fully saturated rings. The van der Waals surface area contributed by atoms with Gasteiger partial charge in [0.2, 0.25) is 0 Å². The monoisotopic (exact) mass is 485 g/mol. The number of hydrogen-bond acceptors (Lipinski definition) is 5. The molecule has 4 amide bonds. The minimum absolute atomic E-state index is 0.218. The first-order valence-corrected chi connectivity index (χ1v) is 12.8. The Morgan fingerprint density at radius 1 is 0.750 bits per heavy atom. The molecule has 36 heavy (non-hydrogen) atoms. The highest BCUT2D eigenvalue weighted by Gasteiger charge is 2.55. The number of unbranched alkanes of at least 4 members (excludes halogenated alkanes) is 3. The van der Waals surface area contributed by atoms with E-state index in [4.69, 9.17) is 0 Å². The van der Waals surface area contributed by atoms with Gasteiger partial charge in [0, 0.05) is 47.2 Å². The Labute approximate surface area is 211 Å². The first-order chi connectivity index (χ1) is 17.4. The summed E-state index contributed by atoms with van der Waals surface area (Å²) >= 11 is 0. The summed E-state index contributed by atoms with van der Waals surface area (Å²) in [6.45, 7) is 4.07. The van der Waals surface area contributed by atoms with Gasteiger partial charge in [0.15, 0.2) is 0 Å². The van der Waals surface area contributed by atoms with E-state index in [0.29, 0.717) is 28.0 Å². The maximum atomic E-state index is 13.6. The lowest BCUT2D eigenvalue weighted by atomic mass is 9.64. The molecule has 2 aliphatic carbocycles. The van der Waals surface area contributed by atoms with Crippen LogP contribution in [-0.4, -0.2) is 46.6 Å². The molecule has 1 unspecified atom stereocenters. The lowest BCUT2D eigenvalue weighted by molar-refractivity contribution is -0.148. The number of rotatable bonds is 8. The molecule has 7 heteroatoms. The number of likely N-dealkylation sites (tertiary alicyclic amines) is 1. The van der Waals surface area contributed by atoms with Gasteiger partial charge in [-0.1, -0.05) is 75.1 Å². The molecule has 2 saturated heterocycles. The van der Waals surface area contributed by atoms with Gasteiger partial charge in [0.05, 0.1) is 5.69 Å². The second kappa shape index (κ2) is 9.37. The first-order valence-electron chi connectivity index (χ1n) is 12.8. The standard InChI is InChI=1S/C29H31N3O4/c1-4-5-6-8-11-18(2)31-26(33)20-14-16-22-25-23(17-15-21(24(20)25)27(31)34)29(36)32(28(22)35)30(3)19-12-9-7-10-13-19/h7,9-10,12-18,24-25H,4-6,8,11H2,1-3H3. The fraction of sp³-hybridized carbons (Fsp3) is 0.379. The molecule has 7 nitrogen and oxygen atoms in total. The van der Waals surface area contributed by atoms with E-state index in [-0.39, 0.29) is 17.9 Å². The Kier molecular flexibility index (Phi) is 6.24. The maximum Gasteiger partial charge on any atom is 0.276 e. The van der Waals surface area contributed by atoms with Gasteiger partial charge in [-0.05, 0) is 25.5 Å². The molecule has 0 N–H and O–H groups in total. The van der Waals surface area contributed by atoms with Crippen LogP contribution in [0.5, 0.6) is 0 Å². The summed E-state index contributed by atoms with van der Waals surface area (Å²) in [5.41, 5.74) is 2.50. The molecule has 186 valence electrons. The Morgan fingerprint density at radius 3 is 1.75 bits per heavy atom. The summed E-state index contributed by atoms with van der Waals surface area (Å²) < 4.78 is 0. The topological polar surface area (TPSA) is 78.0 Å². The predicted octanol–water partition coefficient (Wildman–Crippen LogP) is 4.10. The van der Waals surface area contributed by atoms with Crippen LogP contribution in [-0.2, 0) is 19.2 Å². The summed E-state index contributed by atoms with van der Waals surface area (Å²) in [5, 5.41) is 2.68. The third-order valence-electron chi connectivity index (χ3n) is 7.71.